The van der Waals surface area contributed by atoms with Gasteiger partial charge in [-0.05, 0) is 31.4 Å². The van der Waals surface area contributed by atoms with Crippen molar-refractivity contribution in [3.63, 3.8) is 0 Å². The van der Waals surface area contributed by atoms with Gasteiger partial charge in [-0.2, -0.15) is 12.1 Å². The second kappa shape index (κ2) is 18.6. The van der Waals surface area contributed by atoms with Crippen LogP contribution in [0.3, 0.4) is 0 Å². The second-order valence-electron chi connectivity index (χ2n) is 15.1. The summed E-state index contributed by atoms with van der Waals surface area (Å²) in [5.74, 6) is 0. The monoisotopic (exact) mass is 814 g/mol. The van der Waals surface area contributed by atoms with Gasteiger partial charge >= 0.3 is 37.9 Å². The van der Waals surface area contributed by atoms with Gasteiger partial charge in [-0.15, -0.1) is 56.9 Å². The average molecular weight is 817 g/mol. The Morgan fingerprint density at radius 3 is 1.33 bits per heavy atom. The number of rotatable bonds is 5. The molecular formula is C43H54Cl2Si3Zr. The first-order chi connectivity index (χ1) is 23.1. The molecule has 0 amide bonds. The summed E-state index contributed by atoms with van der Waals surface area (Å²) in [5.41, 5.74) is 10.8. The summed E-state index contributed by atoms with van der Waals surface area (Å²) < 4.78 is 0. The molecule has 0 saturated carbocycles. The van der Waals surface area contributed by atoms with E-state index in [1.807, 2.05) is 0 Å². The topological polar surface area (TPSA) is 0 Å². The van der Waals surface area contributed by atoms with E-state index in [0.717, 1.165) is 15.9 Å². The molecule has 2 radical (unpaired) electrons. The fraction of sp³-hybridized carbons (Fsp3) is 0.302. The minimum absolute atomic E-state index is 0.826. The van der Waals surface area contributed by atoms with Crippen molar-refractivity contribution in [2.24, 2.45) is 0 Å². The SMILES string of the molecule is CCc1cc2c(-c3ccc([Si](C)(C)C)cc3)cc(C)cc2[cH-]1.C[Si]C.Cc1cc(-c2ccc([Si](C)(C)C)cc2)c2cc(C)[cH-]c2c1.[Cl][Zr+2][Cl]. The zero-order valence-corrected chi connectivity index (χ0v) is 38.7. The normalized spacial score (nSPS) is 11.1. The first-order valence-electron chi connectivity index (χ1n) is 17.2. The van der Waals surface area contributed by atoms with Crippen molar-refractivity contribution in [1.82, 2.24) is 0 Å². The number of aryl methyl sites for hydroxylation is 4. The third kappa shape index (κ3) is 11.6. The summed E-state index contributed by atoms with van der Waals surface area (Å²) in [6.45, 7) is 27.5. The quantitative estimate of drug-likeness (QED) is 0.120. The van der Waals surface area contributed by atoms with Crippen molar-refractivity contribution < 1.29 is 20.8 Å². The van der Waals surface area contributed by atoms with Crippen LogP contribution in [0.5, 0.6) is 0 Å². The average Bonchev–Trinajstić information content (AvgIpc) is 3.63. The Kier molecular flexibility index (Phi) is 15.8. The van der Waals surface area contributed by atoms with Gasteiger partial charge in [-0.1, -0.05) is 160 Å². The van der Waals surface area contributed by atoms with Gasteiger partial charge in [0.25, 0.3) is 0 Å². The summed E-state index contributed by atoms with van der Waals surface area (Å²) in [6, 6.07) is 37.0. The van der Waals surface area contributed by atoms with E-state index in [2.05, 4.69) is 177 Å². The van der Waals surface area contributed by atoms with Crippen LogP contribution in [0.4, 0.5) is 0 Å². The molecule has 0 nitrogen and oxygen atoms in total. The zero-order valence-electron chi connectivity index (χ0n) is 31.7. The van der Waals surface area contributed by atoms with Gasteiger partial charge < -0.3 is 0 Å². The van der Waals surface area contributed by atoms with E-state index in [9.17, 15) is 0 Å². The van der Waals surface area contributed by atoms with Crippen molar-refractivity contribution in [2.75, 3.05) is 0 Å². The predicted molar refractivity (Wildman–Crippen MR) is 229 cm³/mol. The Bertz CT molecular complexity index is 1920. The molecule has 0 saturated heterocycles. The zero-order chi connectivity index (χ0) is 36.5. The van der Waals surface area contributed by atoms with E-state index in [1.165, 1.54) is 76.4 Å². The number of halogens is 2. The molecule has 0 aromatic heterocycles. The van der Waals surface area contributed by atoms with Crippen LogP contribution in [-0.2, 0) is 27.3 Å². The van der Waals surface area contributed by atoms with Crippen LogP contribution in [0, 0.1) is 20.8 Å². The molecule has 6 aromatic rings. The van der Waals surface area contributed by atoms with Gasteiger partial charge in [-0.3, -0.25) is 0 Å². The molecular weight excluding hydrogens is 763 g/mol. The molecule has 0 heterocycles. The van der Waals surface area contributed by atoms with Crippen molar-refractivity contribution in [1.29, 1.82) is 0 Å². The summed E-state index contributed by atoms with van der Waals surface area (Å²) in [6.07, 6.45) is 1.10. The molecule has 6 heteroatoms. The Morgan fingerprint density at radius 1 is 0.592 bits per heavy atom. The minimum atomic E-state index is -1.22. The van der Waals surface area contributed by atoms with Crippen molar-refractivity contribution in [2.45, 2.75) is 86.5 Å². The van der Waals surface area contributed by atoms with Crippen LogP contribution in [0.1, 0.15) is 29.2 Å². The summed E-state index contributed by atoms with van der Waals surface area (Å²) in [7, 11) is 8.51. The van der Waals surface area contributed by atoms with Gasteiger partial charge in [0, 0.05) is 9.52 Å². The molecule has 6 rings (SSSR count). The molecule has 0 aliphatic carbocycles. The third-order valence-electron chi connectivity index (χ3n) is 8.67. The predicted octanol–water partition coefficient (Wildman–Crippen LogP) is 13.2. The maximum absolute atomic E-state index is 4.93. The number of hydrogen-bond donors (Lipinski definition) is 0. The van der Waals surface area contributed by atoms with E-state index in [4.69, 9.17) is 17.0 Å². The van der Waals surface area contributed by atoms with Gasteiger partial charge in [-0.25, -0.2) is 0 Å². The first-order valence-corrected chi connectivity index (χ1v) is 32.5. The summed E-state index contributed by atoms with van der Waals surface area (Å²) in [4.78, 5) is 0. The number of benzene rings is 4. The summed E-state index contributed by atoms with van der Waals surface area (Å²) >= 11 is -0.826. The second-order valence-corrected chi connectivity index (χ2v) is 30.0. The molecule has 0 bridgehead atoms. The fourth-order valence-corrected chi connectivity index (χ4v) is 8.47. The van der Waals surface area contributed by atoms with Crippen molar-refractivity contribution in [3.8, 4) is 22.3 Å². The van der Waals surface area contributed by atoms with Gasteiger partial charge in [0.05, 0.1) is 16.1 Å². The van der Waals surface area contributed by atoms with Gasteiger partial charge in [0.15, 0.2) is 0 Å². The van der Waals surface area contributed by atoms with Crippen molar-refractivity contribution in [3.05, 3.63) is 119 Å². The Hall–Kier alpha value is -1.79. The fourth-order valence-electron chi connectivity index (χ4n) is 6.14. The van der Waals surface area contributed by atoms with Crippen LogP contribution in [0.2, 0.25) is 52.4 Å². The summed E-state index contributed by atoms with van der Waals surface area (Å²) in [5, 5.41) is 8.55. The van der Waals surface area contributed by atoms with Crippen LogP contribution >= 0.6 is 17.0 Å². The molecule has 256 valence electrons. The molecule has 0 spiro atoms. The molecule has 49 heavy (non-hydrogen) atoms. The van der Waals surface area contributed by atoms with Gasteiger partial charge in [0.2, 0.25) is 0 Å². The van der Waals surface area contributed by atoms with Crippen LogP contribution < -0.4 is 10.4 Å². The van der Waals surface area contributed by atoms with E-state index in [0.29, 0.717) is 0 Å². The van der Waals surface area contributed by atoms with Crippen molar-refractivity contribution >= 4 is 74.6 Å². The molecule has 0 fully saturated rings. The van der Waals surface area contributed by atoms with Crippen LogP contribution in [0.25, 0.3) is 43.8 Å². The van der Waals surface area contributed by atoms with Crippen LogP contribution in [0.15, 0.2) is 97.1 Å². The first kappa shape index (κ1) is 41.6. The van der Waals surface area contributed by atoms with E-state index in [1.54, 1.807) is 0 Å². The van der Waals surface area contributed by atoms with E-state index < -0.39 is 37.0 Å². The van der Waals surface area contributed by atoms with Crippen LogP contribution in [-0.4, -0.2) is 25.7 Å². The van der Waals surface area contributed by atoms with E-state index in [-0.39, 0.29) is 0 Å². The molecule has 6 aromatic carbocycles. The van der Waals surface area contributed by atoms with E-state index >= 15 is 0 Å². The van der Waals surface area contributed by atoms with Gasteiger partial charge in [0.1, 0.15) is 0 Å². The molecule has 0 aliphatic rings. The molecule has 0 aliphatic heterocycles. The standard InChI is InChI=1S/C21H25Si.C20H23Si.C2H6Si.2ClH.Zr/c1-6-16-13-18-11-15(2)12-20(21(18)14-16)17-7-9-19(10-8-17)22(3,4)5;1-14-10-17-11-15(2)13-20(17)19(12-14)16-6-8-18(9-7-16)21(3,4)5;1-3-2;;;/h7-14H,6H2,1-5H3;6-13H,1-5H3;1-2H3;2*1H;/q2*-1;;;;+4/p-2. The Morgan fingerprint density at radius 2 is 0.959 bits per heavy atom. The molecule has 0 atom stereocenters. The third-order valence-corrected chi connectivity index (χ3v) is 12.8. The number of fused-ring (bicyclic) bond motifs is 2. The maximum atomic E-state index is 4.93. The Labute approximate surface area is 320 Å². The number of hydrogen-bond acceptors (Lipinski definition) is 0. The Balaban J connectivity index is 0.000000229. The molecule has 0 N–H and O–H groups in total. The molecule has 0 unspecified atom stereocenters.